The Morgan fingerprint density at radius 2 is 1.75 bits per heavy atom. The summed E-state index contributed by atoms with van der Waals surface area (Å²) in [5.74, 6) is 0.574. The van der Waals surface area contributed by atoms with E-state index in [9.17, 15) is 9.18 Å². The minimum atomic E-state index is -0.310. The van der Waals surface area contributed by atoms with Crippen LogP contribution in [0.25, 0.3) is 0 Å². The minimum Gasteiger partial charge on any atom is -0.465 e. The van der Waals surface area contributed by atoms with Gasteiger partial charge in [-0.1, -0.05) is 53.2 Å². The van der Waals surface area contributed by atoms with E-state index in [1.165, 1.54) is 22.9 Å². The summed E-state index contributed by atoms with van der Waals surface area (Å²) in [6.45, 7) is 19.0. The van der Waals surface area contributed by atoms with Crippen LogP contribution in [0.1, 0.15) is 91.7 Å². The highest BCUT2D eigenvalue weighted by Gasteiger charge is 2.21. The Bertz CT molecular complexity index is 634. The minimum absolute atomic E-state index is 0.131. The highest BCUT2D eigenvalue weighted by molar-refractivity contribution is 8.00. The van der Waals surface area contributed by atoms with Crippen molar-refractivity contribution < 1.29 is 13.9 Å². The SMILES string of the molecule is CC.CCOC(=O)CSc1cc(C(C)CC=C(C)C)c(C(C)C(C)C)cc1F. The van der Waals surface area contributed by atoms with Gasteiger partial charge in [-0.3, -0.25) is 4.79 Å². The van der Waals surface area contributed by atoms with Gasteiger partial charge in [0.25, 0.3) is 0 Å². The number of esters is 1. The molecule has 0 aliphatic heterocycles. The maximum atomic E-state index is 14.7. The van der Waals surface area contributed by atoms with Gasteiger partial charge in [0, 0.05) is 4.90 Å². The first-order valence-corrected chi connectivity index (χ1v) is 11.4. The standard InChI is InChI=1S/C22H33FO2S.C2H6/c1-8-25-22(24)13-26-21-12-18(16(6)10-9-14(2)3)19(11-20(21)23)17(7)15(4)5;1-2/h9,11-12,15-17H,8,10,13H2,1-7H3;1-2H3. The maximum Gasteiger partial charge on any atom is 0.316 e. The molecule has 0 aliphatic carbocycles. The third-order valence-electron chi connectivity index (χ3n) is 4.69. The molecule has 2 atom stereocenters. The second-order valence-corrected chi connectivity index (χ2v) is 8.47. The van der Waals surface area contributed by atoms with Gasteiger partial charge in [-0.05, 0) is 68.2 Å². The molecule has 0 spiro atoms. The van der Waals surface area contributed by atoms with Gasteiger partial charge in [-0.15, -0.1) is 11.8 Å². The van der Waals surface area contributed by atoms with Gasteiger partial charge in [0.1, 0.15) is 5.82 Å². The molecule has 0 heterocycles. The lowest BCUT2D eigenvalue weighted by atomic mass is 9.82. The molecule has 1 rings (SSSR count). The fourth-order valence-corrected chi connectivity index (χ4v) is 3.52. The van der Waals surface area contributed by atoms with E-state index in [0.717, 1.165) is 12.0 Å². The Balaban J connectivity index is 0.00000352. The molecule has 0 saturated heterocycles. The van der Waals surface area contributed by atoms with Crippen molar-refractivity contribution in [2.24, 2.45) is 5.92 Å². The topological polar surface area (TPSA) is 26.3 Å². The van der Waals surface area contributed by atoms with Crippen LogP contribution < -0.4 is 0 Å². The number of allylic oxidation sites excluding steroid dienone is 2. The number of hydrogen-bond donors (Lipinski definition) is 0. The van der Waals surface area contributed by atoms with Crippen LogP contribution >= 0.6 is 11.8 Å². The highest BCUT2D eigenvalue weighted by atomic mass is 32.2. The Morgan fingerprint density at radius 1 is 1.14 bits per heavy atom. The smallest absolute Gasteiger partial charge is 0.316 e. The van der Waals surface area contributed by atoms with Crippen LogP contribution in [0.15, 0.2) is 28.7 Å². The van der Waals surface area contributed by atoms with Gasteiger partial charge in [0.2, 0.25) is 0 Å². The first kappa shape index (κ1) is 26.7. The molecule has 160 valence electrons. The number of carbonyl (C=O) groups is 1. The summed E-state index contributed by atoms with van der Waals surface area (Å²) in [7, 11) is 0. The Labute approximate surface area is 176 Å². The van der Waals surface area contributed by atoms with E-state index in [0.29, 0.717) is 23.3 Å². The van der Waals surface area contributed by atoms with E-state index >= 15 is 0 Å². The van der Waals surface area contributed by atoms with Crippen molar-refractivity contribution in [3.8, 4) is 0 Å². The monoisotopic (exact) mass is 410 g/mol. The van der Waals surface area contributed by atoms with Crippen LogP contribution in [0.3, 0.4) is 0 Å². The highest BCUT2D eigenvalue weighted by Crippen LogP contribution is 2.37. The molecular formula is C24H39FO2S. The molecule has 4 heteroatoms. The van der Waals surface area contributed by atoms with E-state index < -0.39 is 0 Å². The molecule has 0 amide bonds. The van der Waals surface area contributed by atoms with Crippen LogP contribution in [0.5, 0.6) is 0 Å². The first-order chi connectivity index (χ1) is 13.2. The predicted octanol–water partition coefficient (Wildman–Crippen LogP) is 7.73. The van der Waals surface area contributed by atoms with E-state index in [1.54, 1.807) is 13.0 Å². The number of benzene rings is 1. The summed E-state index contributed by atoms with van der Waals surface area (Å²) in [4.78, 5) is 12.1. The van der Waals surface area contributed by atoms with Gasteiger partial charge in [0.05, 0.1) is 12.4 Å². The number of hydrogen-bond acceptors (Lipinski definition) is 3. The first-order valence-electron chi connectivity index (χ1n) is 10.4. The van der Waals surface area contributed by atoms with Crippen molar-refractivity contribution in [1.29, 1.82) is 0 Å². The molecule has 0 fully saturated rings. The van der Waals surface area contributed by atoms with Crippen LogP contribution in [0, 0.1) is 11.7 Å². The number of halogens is 1. The van der Waals surface area contributed by atoms with Crippen molar-refractivity contribution >= 4 is 17.7 Å². The molecule has 0 bridgehead atoms. The average molecular weight is 411 g/mol. The Kier molecular flexibility index (Phi) is 13.2. The molecule has 0 saturated carbocycles. The predicted molar refractivity (Wildman–Crippen MR) is 121 cm³/mol. The van der Waals surface area contributed by atoms with Gasteiger partial charge < -0.3 is 4.74 Å². The van der Waals surface area contributed by atoms with E-state index in [2.05, 4.69) is 47.6 Å². The van der Waals surface area contributed by atoms with Crippen LogP contribution in [0.2, 0.25) is 0 Å². The lowest BCUT2D eigenvalue weighted by Gasteiger charge is -2.24. The van der Waals surface area contributed by atoms with Gasteiger partial charge in [0.15, 0.2) is 0 Å². The van der Waals surface area contributed by atoms with Crippen molar-refractivity contribution in [1.82, 2.24) is 0 Å². The third kappa shape index (κ3) is 8.81. The molecule has 0 aliphatic rings. The number of rotatable bonds is 9. The van der Waals surface area contributed by atoms with Crippen LogP contribution in [-0.4, -0.2) is 18.3 Å². The summed E-state index contributed by atoms with van der Waals surface area (Å²) >= 11 is 1.21. The summed E-state index contributed by atoms with van der Waals surface area (Å²) in [5.41, 5.74) is 3.54. The van der Waals surface area contributed by atoms with E-state index in [-0.39, 0.29) is 23.5 Å². The van der Waals surface area contributed by atoms with Gasteiger partial charge >= 0.3 is 5.97 Å². The van der Waals surface area contributed by atoms with Crippen LogP contribution in [0.4, 0.5) is 4.39 Å². The fraction of sp³-hybridized carbons (Fsp3) is 0.625. The molecule has 2 unspecified atom stereocenters. The quantitative estimate of drug-likeness (QED) is 0.237. The summed E-state index contributed by atoms with van der Waals surface area (Å²) in [5, 5.41) is 0. The second kappa shape index (κ2) is 13.8. The Hall–Kier alpha value is -1.29. The third-order valence-corrected chi connectivity index (χ3v) is 5.69. The molecule has 28 heavy (non-hydrogen) atoms. The number of ether oxygens (including phenoxy) is 1. The number of thioether (sulfide) groups is 1. The molecule has 1 aromatic carbocycles. The van der Waals surface area contributed by atoms with Crippen molar-refractivity contribution in [2.45, 2.75) is 85.5 Å². The zero-order valence-electron chi connectivity index (χ0n) is 19.2. The molecular weight excluding hydrogens is 371 g/mol. The maximum absolute atomic E-state index is 14.7. The fourth-order valence-electron chi connectivity index (χ4n) is 2.75. The van der Waals surface area contributed by atoms with Gasteiger partial charge in [-0.25, -0.2) is 4.39 Å². The molecule has 1 aromatic rings. The Morgan fingerprint density at radius 3 is 2.25 bits per heavy atom. The summed E-state index contributed by atoms with van der Waals surface area (Å²) in [6, 6.07) is 3.61. The molecule has 2 nitrogen and oxygen atoms in total. The lowest BCUT2D eigenvalue weighted by Crippen LogP contribution is -2.10. The zero-order valence-corrected chi connectivity index (χ0v) is 20.0. The molecule has 0 aromatic heterocycles. The number of carbonyl (C=O) groups excluding carboxylic acids is 1. The van der Waals surface area contributed by atoms with E-state index in [1.807, 2.05) is 19.9 Å². The summed E-state index contributed by atoms with van der Waals surface area (Å²) < 4.78 is 19.6. The normalized spacial score (nSPS) is 12.7. The lowest BCUT2D eigenvalue weighted by molar-refractivity contribution is -0.139. The zero-order chi connectivity index (χ0) is 21.9. The average Bonchev–Trinajstić information content (AvgIpc) is 2.65. The van der Waals surface area contributed by atoms with Gasteiger partial charge in [-0.2, -0.15) is 0 Å². The van der Waals surface area contributed by atoms with Crippen molar-refractivity contribution in [3.63, 3.8) is 0 Å². The largest absolute Gasteiger partial charge is 0.465 e. The summed E-state index contributed by atoms with van der Waals surface area (Å²) in [6.07, 6.45) is 3.15. The van der Waals surface area contributed by atoms with E-state index in [4.69, 9.17) is 4.74 Å². The van der Waals surface area contributed by atoms with Crippen molar-refractivity contribution in [3.05, 3.63) is 40.7 Å². The molecule has 0 N–H and O–H groups in total. The molecule has 0 radical (unpaired) electrons. The van der Waals surface area contributed by atoms with Crippen LogP contribution in [-0.2, 0) is 9.53 Å². The second-order valence-electron chi connectivity index (χ2n) is 7.46. The van der Waals surface area contributed by atoms with Crippen molar-refractivity contribution in [2.75, 3.05) is 12.4 Å².